The van der Waals surface area contributed by atoms with Crippen molar-refractivity contribution in [3.05, 3.63) is 18.2 Å². The molecule has 0 bridgehead atoms. The first kappa shape index (κ1) is 10.9. The predicted octanol–water partition coefficient (Wildman–Crippen LogP) is 0.853. The zero-order valence-corrected chi connectivity index (χ0v) is 9.46. The second-order valence-electron chi connectivity index (χ2n) is 4.25. The molecular weight excluding hydrogens is 238 g/mol. The lowest BCUT2D eigenvalue weighted by Gasteiger charge is -2.17. The minimum atomic E-state index is -0.949. The van der Waals surface area contributed by atoms with Crippen molar-refractivity contribution in [3.8, 4) is 11.5 Å². The number of aliphatic carboxylic acids is 1. The summed E-state index contributed by atoms with van der Waals surface area (Å²) in [5, 5.41) is 8.95. The Morgan fingerprint density at radius 1 is 1.39 bits per heavy atom. The summed E-state index contributed by atoms with van der Waals surface area (Å²) in [7, 11) is 0. The molecule has 94 valence electrons. The Balaban J connectivity index is 1.94. The SMILES string of the molecule is O=C(O)[C@H]1CC(=O)N(c2cccc3c2OCO3)C1. The van der Waals surface area contributed by atoms with Crippen LogP contribution in [0.1, 0.15) is 6.42 Å². The van der Waals surface area contributed by atoms with E-state index in [1.807, 2.05) is 0 Å². The number of nitrogens with zero attached hydrogens (tertiary/aromatic N) is 1. The summed E-state index contributed by atoms with van der Waals surface area (Å²) in [6.45, 7) is 0.296. The van der Waals surface area contributed by atoms with E-state index in [2.05, 4.69) is 0 Å². The Bertz CT molecular complexity index is 527. The molecule has 18 heavy (non-hydrogen) atoms. The fourth-order valence-electron chi connectivity index (χ4n) is 2.23. The number of benzene rings is 1. The van der Waals surface area contributed by atoms with Crippen molar-refractivity contribution >= 4 is 17.6 Å². The van der Waals surface area contributed by atoms with E-state index in [9.17, 15) is 9.59 Å². The largest absolute Gasteiger partial charge is 0.481 e. The van der Waals surface area contributed by atoms with Crippen LogP contribution < -0.4 is 14.4 Å². The lowest BCUT2D eigenvalue weighted by atomic mass is 10.1. The van der Waals surface area contributed by atoms with Crippen LogP contribution in [0, 0.1) is 5.92 Å². The second-order valence-corrected chi connectivity index (χ2v) is 4.25. The van der Waals surface area contributed by atoms with Gasteiger partial charge in [0.15, 0.2) is 11.5 Å². The number of fused-ring (bicyclic) bond motifs is 1. The van der Waals surface area contributed by atoms with Crippen LogP contribution in [0.5, 0.6) is 11.5 Å². The summed E-state index contributed by atoms with van der Waals surface area (Å²) in [4.78, 5) is 24.2. The summed E-state index contributed by atoms with van der Waals surface area (Å²) in [6.07, 6.45) is 0.0276. The number of rotatable bonds is 2. The maximum atomic E-state index is 11.9. The van der Waals surface area contributed by atoms with Gasteiger partial charge in [-0.05, 0) is 12.1 Å². The number of carboxylic acid groups (broad SMARTS) is 1. The highest BCUT2D eigenvalue weighted by molar-refractivity contribution is 6.00. The molecule has 1 saturated heterocycles. The van der Waals surface area contributed by atoms with E-state index in [0.29, 0.717) is 17.2 Å². The predicted molar refractivity (Wildman–Crippen MR) is 60.7 cm³/mol. The fourth-order valence-corrected chi connectivity index (χ4v) is 2.23. The van der Waals surface area contributed by atoms with Crippen LogP contribution in [0.2, 0.25) is 0 Å². The van der Waals surface area contributed by atoms with E-state index in [1.165, 1.54) is 4.90 Å². The molecule has 2 aliphatic rings. The van der Waals surface area contributed by atoms with Crippen molar-refractivity contribution in [1.29, 1.82) is 0 Å². The average molecular weight is 249 g/mol. The topological polar surface area (TPSA) is 76.1 Å². The monoisotopic (exact) mass is 249 g/mol. The Kier molecular flexibility index (Phi) is 2.36. The van der Waals surface area contributed by atoms with Crippen LogP contribution in [-0.4, -0.2) is 30.3 Å². The minimum Gasteiger partial charge on any atom is -0.481 e. The lowest BCUT2D eigenvalue weighted by Crippen LogP contribution is -2.26. The first-order valence-corrected chi connectivity index (χ1v) is 5.58. The van der Waals surface area contributed by atoms with Gasteiger partial charge in [-0.1, -0.05) is 6.07 Å². The molecule has 1 amide bonds. The Labute approximate surface area is 103 Å². The highest BCUT2D eigenvalue weighted by Crippen LogP contribution is 2.42. The zero-order chi connectivity index (χ0) is 12.7. The van der Waals surface area contributed by atoms with Gasteiger partial charge in [0, 0.05) is 13.0 Å². The first-order valence-electron chi connectivity index (χ1n) is 5.58. The molecule has 0 aliphatic carbocycles. The van der Waals surface area contributed by atoms with E-state index < -0.39 is 11.9 Å². The van der Waals surface area contributed by atoms with Crippen LogP contribution in [0.4, 0.5) is 5.69 Å². The maximum absolute atomic E-state index is 11.9. The highest BCUT2D eigenvalue weighted by atomic mass is 16.7. The molecule has 0 radical (unpaired) electrons. The van der Waals surface area contributed by atoms with Crippen molar-refractivity contribution in [1.82, 2.24) is 0 Å². The molecule has 0 spiro atoms. The van der Waals surface area contributed by atoms with Gasteiger partial charge in [0.05, 0.1) is 11.6 Å². The maximum Gasteiger partial charge on any atom is 0.308 e. The number of carbonyl (C=O) groups excluding carboxylic acids is 1. The smallest absolute Gasteiger partial charge is 0.308 e. The van der Waals surface area contributed by atoms with E-state index in [4.69, 9.17) is 14.6 Å². The number of amides is 1. The number of anilines is 1. The molecule has 6 heteroatoms. The van der Waals surface area contributed by atoms with Crippen LogP contribution in [0.15, 0.2) is 18.2 Å². The molecule has 0 saturated carbocycles. The van der Waals surface area contributed by atoms with Gasteiger partial charge in [-0.15, -0.1) is 0 Å². The van der Waals surface area contributed by atoms with Crippen LogP contribution >= 0.6 is 0 Å². The third-order valence-electron chi connectivity index (χ3n) is 3.14. The van der Waals surface area contributed by atoms with Crippen molar-refractivity contribution in [3.63, 3.8) is 0 Å². The molecule has 1 fully saturated rings. The molecule has 0 aromatic heterocycles. The van der Waals surface area contributed by atoms with E-state index in [1.54, 1.807) is 18.2 Å². The van der Waals surface area contributed by atoms with Gasteiger partial charge < -0.3 is 19.5 Å². The fraction of sp³-hybridized carbons (Fsp3) is 0.333. The highest BCUT2D eigenvalue weighted by Gasteiger charge is 2.37. The molecule has 6 nitrogen and oxygen atoms in total. The normalized spacial score (nSPS) is 21.4. The quantitative estimate of drug-likeness (QED) is 0.841. The van der Waals surface area contributed by atoms with Crippen molar-refractivity contribution in [2.75, 3.05) is 18.2 Å². The van der Waals surface area contributed by atoms with E-state index in [0.717, 1.165) is 0 Å². The van der Waals surface area contributed by atoms with Gasteiger partial charge in [-0.25, -0.2) is 0 Å². The van der Waals surface area contributed by atoms with Crippen LogP contribution in [0.25, 0.3) is 0 Å². The number of hydrogen-bond donors (Lipinski definition) is 1. The van der Waals surface area contributed by atoms with Gasteiger partial charge in [0.1, 0.15) is 0 Å². The van der Waals surface area contributed by atoms with Gasteiger partial charge in [0.2, 0.25) is 12.7 Å². The summed E-state index contributed by atoms with van der Waals surface area (Å²) >= 11 is 0. The Morgan fingerprint density at radius 2 is 2.22 bits per heavy atom. The molecule has 0 unspecified atom stereocenters. The third-order valence-corrected chi connectivity index (χ3v) is 3.14. The molecule has 1 aromatic rings. The number of carbonyl (C=O) groups is 2. The molecule has 1 N–H and O–H groups in total. The number of para-hydroxylation sites is 1. The van der Waals surface area contributed by atoms with E-state index >= 15 is 0 Å². The molecule has 2 aliphatic heterocycles. The standard InChI is InChI=1S/C12H11NO5/c14-10-4-7(12(15)16)5-13(10)8-2-1-3-9-11(8)18-6-17-9/h1-3,7H,4-6H2,(H,15,16)/t7-/m0/s1. The lowest BCUT2D eigenvalue weighted by molar-refractivity contribution is -0.141. The summed E-state index contributed by atoms with van der Waals surface area (Å²) in [5.41, 5.74) is 0.582. The van der Waals surface area contributed by atoms with Crippen LogP contribution in [0.3, 0.4) is 0 Å². The number of carboxylic acids is 1. The molecule has 1 aromatic carbocycles. The number of hydrogen-bond acceptors (Lipinski definition) is 4. The molecule has 1 atom stereocenters. The first-order chi connectivity index (χ1) is 8.66. The summed E-state index contributed by atoms with van der Waals surface area (Å²) < 4.78 is 10.6. The van der Waals surface area contributed by atoms with Gasteiger partial charge in [0.25, 0.3) is 0 Å². The van der Waals surface area contributed by atoms with Crippen molar-refractivity contribution in [2.45, 2.75) is 6.42 Å². The zero-order valence-electron chi connectivity index (χ0n) is 9.46. The molecular formula is C12H11NO5. The van der Waals surface area contributed by atoms with Gasteiger partial charge >= 0.3 is 5.97 Å². The van der Waals surface area contributed by atoms with Crippen LogP contribution in [-0.2, 0) is 9.59 Å². The number of ether oxygens (including phenoxy) is 2. The van der Waals surface area contributed by atoms with Crippen molar-refractivity contribution in [2.24, 2.45) is 5.92 Å². The second kappa shape index (κ2) is 3.90. The summed E-state index contributed by atoms with van der Waals surface area (Å²) in [5.74, 6) is -0.714. The Hall–Kier alpha value is -2.24. The van der Waals surface area contributed by atoms with Crippen molar-refractivity contribution < 1.29 is 24.2 Å². The Morgan fingerprint density at radius 3 is 2.94 bits per heavy atom. The third kappa shape index (κ3) is 1.57. The van der Waals surface area contributed by atoms with Gasteiger partial charge in [-0.3, -0.25) is 9.59 Å². The average Bonchev–Trinajstić information content (AvgIpc) is 2.94. The van der Waals surface area contributed by atoms with E-state index in [-0.39, 0.29) is 25.7 Å². The molecule has 3 rings (SSSR count). The molecule has 2 heterocycles. The van der Waals surface area contributed by atoms with Gasteiger partial charge in [-0.2, -0.15) is 0 Å². The summed E-state index contributed by atoms with van der Waals surface area (Å²) in [6, 6.07) is 5.24. The minimum absolute atomic E-state index is 0.0276.